The lowest BCUT2D eigenvalue weighted by Crippen LogP contribution is -1.87. The fraction of sp³-hybridized carbons (Fsp3) is 0.167. The predicted molar refractivity (Wildman–Crippen MR) is 38.4 cm³/mol. The summed E-state index contributed by atoms with van der Waals surface area (Å²) < 4.78 is 31.7. The van der Waals surface area contributed by atoms with Gasteiger partial charge in [-0.05, 0) is 15.9 Å². The Morgan fingerprint density at radius 1 is 1.90 bits per heavy atom. The van der Waals surface area contributed by atoms with Gasteiger partial charge in [-0.2, -0.15) is 4.39 Å². The summed E-state index contributed by atoms with van der Waals surface area (Å²) in [6, 6.07) is -0.199. The van der Waals surface area contributed by atoms with Crippen LogP contribution in [-0.4, -0.2) is 12.1 Å². The standard InChI is InChI=1S/C6H5BrFNO/c1-10-4-2-5(7)6(8)9-3-4/h2-3H,1H3/i2D,3D. The van der Waals surface area contributed by atoms with E-state index < -0.39 is 5.95 Å². The molecular formula is C6H5BrFNO. The van der Waals surface area contributed by atoms with E-state index in [1.807, 2.05) is 0 Å². The first-order valence-electron chi connectivity index (χ1n) is 3.44. The highest BCUT2D eigenvalue weighted by molar-refractivity contribution is 9.10. The summed E-state index contributed by atoms with van der Waals surface area (Å²) in [5, 5.41) is 0. The van der Waals surface area contributed by atoms with E-state index in [2.05, 4.69) is 25.7 Å². The number of aromatic nitrogens is 1. The Morgan fingerprint density at radius 2 is 2.60 bits per heavy atom. The third kappa shape index (κ3) is 1.44. The molecule has 0 bridgehead atoms. The van der Waals surface area contributed by atoms with E-state index in [0.717, 1.165) is 0 Å². The molecule has 54 valence electrons. The first-order chi connectivity index (χ1) is 5.57. The van der Waals surface area contributed by atoms with E-state index >= 15 is 0 Å². The second-order valence-corrected chi connectivity index (χ2v) is 2.28. The number of hydrogen-bond acceptors (Lipinski definition) is 2. The van der Waals surface area contributed by atoms with Gasteiger partial charge in [0.2, 0.25) is 5.95 Å². The third-order valence-corrected chi connectivity index (χ3v) is 1.39. The fourth-order valence-electron chi connectivity index (χ4n) is 0.425. The Bertz CT molecular complexity index is 321. The van der Waals surface area contributed by atoms with Gasteiger partial charge in [0.1, 0.15) is 5.75 Å². The molecule has 0 aliphatic heterocycles. The molecule has 4 heteroatoms. The molecule has 1 aromatic rings. The molecule has 0 saturated carbocycles. The van der Waals surface area contributed by atoms with Gasteiger partial charge in [-0.15, -0.1) is 0 Å². The average molecular weight is 208 g/mol. The summed E-state index contributed by atoms with van der Waals surface area (Å²) in [5.41, 5.74) is 0. The molecule has 0 atom stereocenters. The molecule has 0 unspecified atom stereocenters. The molecule has 0 N–H and O–H groups in total. The molecule has 0 amide bonds. The molecule has 0 radical (unpaired) electrons. The van der Waals surface area contributed by atoms with Crippen molar-refractivity contribution < 1.29 is 11.9 Å². The fourth-order valence-corrected chi connectivity index (χ4v) is 0.694. The summed E-state index contributed by atoms with van der Waals surface area (Å²) >= 11 is 2.82. The molecule has 2 nitrogen and oxygen atoms in total. The number of nitrogens with zero attached hydrogens (tertiary/aromatic N) is 1. The molecule has 0 spiro atoms. The second-order valence-electron chi connectivity index (χ2n) is 1.49. The van der Waals surface area contributed by atoms with Crippen molar-refractivity contribution in [2.75, 3.05) is 7.11 Å². The van der Waals surface area contributed by atoms with Gasteiger partial charge in [0.25, 0.3) is 0 Å². The molecule has 0 aromatic carbocycles. The summed E-state index contributed by atoms with van der Waals surface area (Å²) in [5.74, 6) is -0.908. The maximum absolute atomic E-state index is 12.7. The topological polar surface area (TPSA) is 22.1 Å². The highest BCUT2D eigenvalue weighted by Gasteiger charge is 2.00. The quantitative estimate of drug-likeness (QED) is 0.658. The molecule has 1 heterocycles. The van der Waals surface area contributed by atoms with E-state index in [-0.39, 0.29) is 22.4 Å². The Kier molecular flexibility index (Phi) is 1.50. The lowest BCUT2D eigenvalue weighted by atomic mass is 10.5. The first kappa shape index (κ1) is 5.07. The zero-order chi connectivity index (χ0) is 9.30. The van der Waals surface area contributed by atoms with Crippen LogP contribution >= 0.6 is 15.9 Å². The van der Waals surface area contributed by atoms with Gasteiger partial charge in [-0.3, -0.25) is 0 Å². The van der Waals surface area contributed by atoms with Gasteiger partial charge >= 0.3 is 0 Å². The van der Waals surface area contributed by atoms with Crippen molar-refractivity contribution in [3.63, 3.8) is 0 Å². The van der Waals surface area contributed by atoms with Crippen LogP contribution in [0.3, 0.4) is 0 Å². The molecule has 0 saturated heterocycles. The maximum Gasteiger partial charge on any atom is 0.227 e. The van der Waals surface area contributed by atoms with E-state index in [1.165, 1.54) is 7.11 Å². The third-order valence-electron chi connectivity index (χ3n) is 0.864. The van der Waals surface area contributed by atoms with Crippen LogP contribution in [0.2, 0.25) is 0 Å². The summed E-state index contributed by atoms with van der Waals surface area (Å²) in [6.45, 7) is 0. The van der Waals surface area contributed by atoms with E-state index in [4.69, 9.17) is 2.74 Å². The van der Waals surface area contributed by atoms with Crippen molar-refractivity contribution in [3.05, 3.63) is 22.6 Å². The van der Waals surface area contributed by atoms with Gasteiger partial charge in [0, 0.05) is 6.04 Å². The Morgan fingerprint density at radius 3 is 3.20 bits per heavy atom. The van der Waals surface area contributed by atoms with Crippen molar-refractivity contribution in [3.8, 4) is 5.75 Å². The molecular weight excluding hydrogens is 201 g/mol. The Balaban J connectivity index is 3.40. The SMILES string of the molecule is [2H]c1nc(F)c(Br)c([2H])c1OC. The van der Waals surface area contributed by atoms with Crippen LogP contribution in [0.1, 0.15) is 2.74 Å². The van der Waals surface area contributed by atoms with E-state index in [9.17, 15) is 4.39 Å². The number of pyridine rings is 1. The van der Waals surface area contributed by atoms with Crippen molar-refractivity contribution >= 4 is 15.9 Å². The molecule has 0 aliphatic rings. The zero-order valence-corrected chi connectivity index (χ0v) is 6.70. The van der Waals surface area contributed by atoms with Crippen LogP contribution in [0.15, 0.2) is 16.7 Å². The van der Waals surface area contributed by atoms with Gasteiger partial charge in [0.15, 0.2) is 0 Å². The van der Waals surface area contributed by atoms with E-state index in [0.29, 0.717) is 0 Å². The summed E-state index contributed by atoms with van der Waals surface area (Å²) in [4.78, 5) is 3.21. The normalized spacial score (nSPS) is 12.3. The summed E-state index contributed by atoms with van der Waals surface area (Å²) in [6.07, 6.45) is -0.372. The van der Waals surface area contributed by atoms with Crippen LogP contribution in [0, 0.1) is 5.95 Å². The molecule has 0 aliphatic carbocycles. The van der Waals surface area contributed by atoms with Crippen LogP contribution < -0.4 is 4.74 Å². The van der Waals surface area contributed by atoms with Crippen LogP contribution in [0.5, 0.6) is 5.75 Å². The largest absolute Gasteiger partial charge is 0.495 e. The van der Waals surface area contributed by atoms with Gasteiger partial charge < -0.3 is 4.74 Å². The van der Waals surface area contributed by atoms with Gasteiger partial charge in [-0.1, -0.05) is 0 Å². The predicted octanol–water partition coefficient (Wildman–Crippen LogP) is 1.99. The van der Waals surface area contributed by atoms with Crippen LogP contribution in [0.4, 0.5) is 4.39 Å². The smallest absolute Gasteiger partial charge is 0.227 e. The Hall–Kier alpha value is -0.640. The number of hydrogen-bond donors (Lipinski definition) is 0. The van der Waals surface area contributed by atoms with Crippen LogP contribution in [0.25, 0.3) is 0 Å². The first-order valence-corrected chi connectivity index (χ1v) is 3.23. The van der Waals surface area contributed by atoms with E-state index in [1.54, 1.807) is 0 Å². The lowest BCUT2D eigenvalue weighted by Gasteiger charge is -1.98. The minimum Gasteiger partial charge on any atom is -0.495 e. The van der Waals surface area contributed by atoms with Gasteiger partial charge in [-0.25, -0.2) is 4.98 Å². The van der Waals surface area contributed by atoms with Crippen molar-refractivity contribution in [1.82, 2.24) is 4.98 Å². The second kappa shape index (κ2) is 2.96. The number of ether oxygens (including phenoxy) is 1. The van der Waals surface area contributed by atoms with Crippen molar-refractivity contribution in [1.29, 1.82) is 0 Å². The Labute approximate surface area is 69.0 Å². The molecule has 10 heavy (non-hydrogen) atoms. The zero-order valence-electron chi connectivity index (χ0n) is 7.11. The van der Waals surface area contributed by atoms with Gasteiger partial charge in [0.05, 0.1) is 20.5 Å². The highest BCUT2D eigenvalue weighted by Crippen LogP contribution is 2.18. The lowest BCUT2D eigenvalue weighted by molar-refractivity contribution is 0.409. The average Bonchev–Trinajstić information content (AvgIpc) is 2.01. The van der Waals surface area contributed by atoms with Crippen molar-refractivity contribution in [2.24, 2.45) is 0 Å². The number of halogens is 2. The minimum atomic E-state index is -0.870. The molecule has 1 aromatic heterocycles. The molecule has 1 rings (SSSR count). The monoisotopic (exact) mass is 207 g/mol. The maximum atomic E-state index is 12.7. The summed E-state index contributed by atoms with van der Waals surface area (Å²) in [7, 11) is 1.30. The van der Waals surface area contributed by atoms with Crippen LogP contribution in [-0.2, 0) is 0 Å². The number of rotatable bonds is 1. The number of methoxy groups -OCH3 is 1. The molecule has 0 fully saturated rings. The minimum absolute atomic E-state index is 0.0386. The van der Waals surface area contributed by atoms with Crippen molar-refractivity contribution in [2.45, 2.75) is 0 Å². The highest BCUT2D eigenvalue weighted by atomic mass is 79.9.